The molecule has 3 rings (SSSR count). The van der Waals surface area contributed by atoms with Crippen LogP contribution in [0.25, 0.3) is 10.8 Å². The van der Waals surface area contributed by atoms with Crippen LogP contribution in [0.3, 0.4) is 0 Å². The lowest BCUT2D eigenvalue weighted by atomic mass is 10.00. The zero-order valence-electron chi connectivity index (χ0n) is 16.2. The number of nitrogens with one attached hydrogen (secondary N) is 1. The molecular weight excluding hydrogens is 447 g/mol. The zero-order valence-corrected chi connectivity index (χ0v) is 17.8. The molecular formula is C20H21BrF3N5. The minimum atomic E-state index is -4.44. The fourth-order valence-electron chi connectivity index (χ4n) is 3.23. The van der Waals surface area contributed by atoms with Gasteiger partial charge in [0.2, 0.25) is 0 Å². The molecule has 0 fully saturated rings. The number of aromatic nitrogens is 2. The van der Waals surface area contributed by atoms with E-state index in [0.717, 1.165) is 27.0 Å². The van der Waals surface area contributed by atoms with E-state index in [1.165, 1.54) is 13.0 Å². The average molecular weight is 468 g/mol. The van der Waals surface area contributed by atoms with Crippen LogP contribution in [-0.4, -0.2) is 29.2 Å². The molecule has 154 valence electrons. The van der Waals surface area contributed by atoms with E-state index in [2.05, 4.69) is 31.4 Å². The van der Waals surface area contributed by atoms with Gasteiger partial charge in [0.15, 0.2) is 5.82 Å². The zero-order chi connectivity index (χ0) is 21.3. The first-order valence-corrected chi connectivity index (χ1v) is 9.65. The first-order chi connectivity index (χ1) is 13.6. The third-order valence-electron chi connectivity index (χ3n) is 4.59. The number of hydrogen-bond donors (Lipinski definition) is 2. The lowest BCUT2D eigenvalue weighted by Crippen LogP contribution is -2.23. The van der Waals surface area contributed by atoms with E-state index in [4.69, 9.17) is 5.73 Å². The number of fused-ring (bicyclic) bond motifs is 1. The number of anilines is 1. The second-order valence-corrected chi connectivity index (χ2v) is 7.98. The van der Waals surface area contributed by atoms with Crippen LogP contribution in [0.15, 0.2) is 40.9 Å². The minimum Gasteiger partial charge on any atom is -0.349 e. The molecule has 0 aliphatic heterocycles. The first-order valence-electron chi connectivity index (χ1n) is 8.86. The standard InChI is InChI=1S/C20H21BrF3N5/c1-11-13(5-4-6-16(11)20(22,23)24)18(25)26-19-15-9-12(21)7-8-14(15)17(27-28-19)10-29(2)3/h4-9,18H,10,25H2,1-3H3,(H,26,28)/t18-/m0/s1. The van der Waals surface area contributed by atoms with E-state index in [0.29, 0.717) is 17.9 Å². The van der Waals surface area contributed by atoms with Crippen molar-refractivity contribution < 1.29 is 13.2 Å². The molecule has 0 unspecified atom stereocenters. The highest BCUT2D eigenvalue weighted by atomic mass is 79.9. The number of nitrogens with zero attached hydrogens (tertiary/aromatic N) is 3. The summed E-state index contributed by atoms with van der Waals surface area (Å²) in [5, 5.41) is 13.3. The SMILES string of the molecule is Cc1c([C@@H](N)Nc2nnc(CN(C)C)c3ccc(Br)cc23)cccc1C(F)(F)F. The molecule has 0 saturated heterocycles. The van der Waals surface area contributed by atoms with Gasteiger partial charge in [0.25, 0.3) is 0 Å². The predicted molar refractivity (Wildman–Crippen MR) is 111 cm³/mol. The number of rotatable bonds is 5. The number of nitrogens with two attached hydrogens (primary N) is 1. The Labute approximate surface area is 175 Å². The van der Waals surface area contributed by atoms with Gasteiger partial charge >= 0.3 is 6.18 Å². The lowest BCUT2D eigenvalue weighted by Gasteiger charge is -2.21. The Balaban J connectivity index is 2.02. The van der Waals surface area contributed by atoms with Crippen molar-refractivity contribution in [2.45, 2.75) is 25.8 Å². The number of hydrogen-bond acceptors (Lipinski definition) is 5. The maximum atomic E-state index is 13.2. The van der Waals surface area contributed by atoms with Crippen molar-refractivity contribution in [3.05, 3.63) is 63.3 Å². The van der Waals surface area contributed by atoms with Gasteiger partial charge in [0, 0.05) is 21.8 Å². The molecule has 1 heterocycles. The molecule has 0 radical (unpaired) electrons. The molecule has 29 heavy (non-hydrogen) atoms. The highest BCUT2D eigenvalue weighted by Gasteiger charge is 2.33. The molecule has 3 N–H and O–H groups in total. The molecule has 1 aromatic heterocycles. The molecule has 2 aromatic carbocycles. The summed E-state index contributed by atoms with van der Waals surface area (Å²) in [6.45, 7) is 2.02. The second kappa shape index (κ2) is 8.25. The Kier molecular flexibility index (Phi) is 6.11. The lowest BCUT2D eigenvalue weighted by molar-refractivity contribution is -0.138. The summed E-state index contributed by atoms with van der Waals surface area (Å²) >= 11 is 3.45. The van der Waals surface area contributed by atoms with Gasteiger partial charge in [-0.25, -0.2) is 0 Å². The molecule has 0 amide bonds. The molecule has 1 atom stereocenters. The summed E-state index contributed by atoms with van der Waals surface area (Å²) in [6, 6.07) is 9.70. The van der Waals surface area contributed by atoms with Crippen LogP contribution in [0, 0.1) is 6.92 Å². The summed E-state index contributed by atoms with van der Waals surface area (Å²) in [4.78, 5) is 1.98. The molecule has 0 aliphatic rings. The van der Waals surface area contributed by atoms with Gasteiger partial charge in [-0.3, -0.25) is 0 Å². The molecule has 9 heteroatoms. The summed E-state index contributed by atoms with van der Waals surface area (Å²) in [7, 11) is 3.87. The Morgan fingerprint density at radius 1 is 1.14 bits per heavy atom. The van der Waals surface area contributed by atoms with Gasteiger partial charge in [0.05, 0.1) is 11.3 Å². The van der Waals surface area contributed by atoms with Gasteiger partial charge in [-0.2, -0.15) is 18.3 Å². The summed E-state index contributed by atoms with van der Waals surface area (Å²) in [5.41, 5.74) is 6.75. The number of alkyl halides is 3. The van der Waals surface area contributed by atoms with Crippen molar-refractivity contribution in [2.24, 2.45) is 5.73 Å². The molecule has 0 aliphatic carbocycles. The van der Waals surface area contributed by atoms with Gasteiger partial charge < -0.3 is 16.0 Å². The van der Waals surface area contributed by atoms with Crippen molar-refractivity contribution in [3.63, 3.8) is 0 Å². The van der Waals surface area contributed by atoms with Crippen LogP contribution in [0.4, 0.5) is 19.0 Å². The largest absolute Gasteiger partial charge is 0.416 e. The van der Waals surface area contributed by atoms with Gasteiger partial charge in [0.1, 0.15) is 6.17 Å². The van der Waals surface area contributed by atoms with E-state index >= 15 is 0 Å². The summed E-state index contributed by atoms with van der Waals surface area (Å²) < 4.78 is 40.5. The van der Waals surface area contributed by atoms with E-state index in [9.17, 15) is 13.2 Å². The third kappa shape index (κ3) is 4.68. The monoisotopic (exact) mass is 467 g/mol. The molecule has 0 saturated carbocycles. The Hall–Kier alpha value is -2.23. The normalized spacial score (nSPS) is 13.1. The molecule has 0 spiro atoms. The quantitative estimate of drug-likeness (QED) is 0.525. The smallest absolute Gasteiger partial charge is 0.349 e. The third-order valence-corrected chi connectivity index (χ3v) is 5.09. The maximum Gasteiger partial charge on any atom is 0.416 e. The van der Waals surface area contributed by atoms with Crippen LogP contribution in [-0.2, 0) is 12.7 Å². The molecule has 3 aromatic rings. The topological polar surface area (TPSA) is 67.1 Å². The Morgan fingerprint density at radius 2 is 1.86 bits per heavy atom. The highest BCUT2D eigenvalue weighted by Crippen LogP contribution is 2.35. The average Bonchev–Trinajstić information content (AvgIpc) is 2.62. The van der Waals surface area contributed by atoms with Crippen molar-refractivity contribution in [3.8, 4) is 0 Å². The second-order valence-electron chi connectivity index (χ2n) is 7.06. The number of benzene rings is 2. The van der Waals surface area contributed by atoms with Crippen LogP contribution in [0.1, 0.15) is 28.6 Å². The van der Waals surface area contributed by atoms with Crippen molar-refractivity contribution in [1.29, 1.82) is 0 Å². The van der Waals surface area contributed by atoms with E-state index < -0.39 is 17.9 Å². The van der Waals surface area contributed by atoms with Crippen molar-refractivity contribution in [1.82, 2.24) is 15.1 Å². The number of halogens is 4. The van der Waals surface area contributed by atoms with Gasteiger partial charge in [-0.15, -0.1) is 5.10 Å². The van der Waals surface area contributed by atoms with Gasteiger partial charge in [-0.05, 0) is 50.3 Å². The Bertz CT molecular complexity index is 1040. The minimum absolute atomic E-state index is 0.0858. The van der Waals surface area contributed by atoms with Gasteiger partial charge in [-0.1, -0.05) is 34.1 Å². The highest BCUT2D eigenvalue weighted by molar-refractivity contribution is 9.10. The van der Waals surface area contributed by atoms with E-state index in [1.807, 2.05) is 37.2 Å². The van der Waals surface area contributed by atoms with Crippen LogP contribution in [0.2, 0.25) is 0 Å². The van der Waals surface area contributed by atoms with E-state index in [-0.39, 0.29) is 5.56 Å². The van der Waals surface area contributed by atoms with Crippen LogP contribution < -0.4 is 11.1 Å². The van der Waals surface area contributed by atoms with Crippen molar-refractivity contribution in [2.75, 3.05) is 19.4 Å². The van der Waals surface area contributed by atoms with Crippen LogP contribution in [0.5, 0.6) is 0 Å². The van der Waals surface area contributed by atoms with Crippen LogP contribution >= 0.6 is 15.9 Å². The fourth-order valence-corrected chi connectivity index (χ4v) is 3.59. The summed E-state index contributed by atoms with van der Waals surface area (Å²) in [5.74, 6) is 0.410. The molecule has 5 nitrogen and oxygen atoms in total. The Morgan fingerprint density at radius 3 is 2.52 bits per heavy atom. The first kappa shape index (κ1) is 21.5. The maximum absolute atomic E-state index is 13.2. The van der Waals surface area contributed by atoms with E-state index in [1.54, 1.807) is 6.07 Å². The summed E-state index contributed by atoms with van der Waals surface area (Å²) in [6.07, 6.45) is -5.32. The predicted octanol–water partition coefficient (Wildman–Crippen LogP) is 4.85. The molecule has 0 bridgehead atoms. The fraction of sp³-hybridized carbons (Fsp3) is 0.300. The van der Waals surface area contributed by atoms with Crippen molar-refractivity contribution >= 4 is 32.5 Å².